The highest BCUT2D eigenvalue weighted by Gasteiger charge is 2.29. The van der Waals surface area contributed by atoms with Crippen LogP contribution in [0.2, 0.25) is 0 Å². The minimum Gasteiger partial charge on any atom is -0.507 e. The molecule has 1 aromatic carbocycles. The van der Waals surface area contributed by atoms with Crippen molar-refractivity contribution in [1.29, 1.82) is 0 Å². The molecule has 4 nitrogen and oxygen atoms in total. The highest BCUT2D eigenvalue weighted by atomic mass is 16.5. The summed E-state index contributed by atoms with van der Waals surface area (Å²) in [5, 5.41) is 9.69. The molecule has 1 fully saturated rings. The number of phenolic OH excluding ortho intramolecular Hbond substituents is 1. The van der Waals surface area contributed by atoms with Crippen LogP contribution in [0.3, 0.4) is 0 Å². The standard InChI is InChI=1S/C15H21NO3/c1-15(2)7-5-11(6-8-15)19-14(18)12-4-3-10(16)9-13(12)17/h3-4,9,11,17H,5-8,16H2,1-2H3. The van der Waals surface area contributed by atoms with Crippen molar-refractivity contribution in [3.8, 4) is 5.75 Å². The molecule has 0 bridgehead atoms. The minimum atomic E-state index is -0.470. The number of aromatic hydroxyl groups is 1. The maximum atomic E-state index is 12.0. The maximum absolute atomic E-state index is 12.0. The number of carbonyl (C=O) groups excluding carboxylic acids is 1. The summed E-state index contributed by atoms with van der Waals surface area (Å²) < 4.78 is 5.45. The summed E-state index contributed by atoms with van der Waals surface area (Å²) in [5.41, 5.74) is 6.47. The van der Waals surface area contributed by atoms with Crippen LogP contribution in [0.4, 0.5) is 5.69 Å². The molecule has 1 aliphatic rings. The lowest BCUT2D eigenvalue weighted by Gasteiger charge is -2.33. The van der Waals surface area contributed by atoms with Gasteiger partial charge >= 0.3 is 5.97 Å². The van der Waals surface area contributed by atoms with Gasteiger partial charge in [0.05, 0.1) is 0 Å². The van der Waals surface area contributed by atoms with Crippen LogP contribution in [0.25, 0.3) is 0 Å². The van der Waals surface area contributed by atoms with Crippen molar-refractivity contribution in [2.24, 2.45) is 5.41 Å². The Morgan fingerprint density at radius 1 is 1.37 bits per heavy atom. The Morgan fingerprint density at radius 2 is 2.00 bits per heavy atom. The Hall–Kier alpha value is -1.71. The van der Waals surface area contributed by atoms with Crippen molar-refractivity contribution in [3.05, 3.63) is 23.8 Å². The summed E-state index contributed by atoms with van der Waals surface area (Å²) in [5.74, 6) is -0.594. The Bertz CT molecular complexity index is 472. The average molecular weight is 263 g/mol. The molecule has 0 aliphatic heterocycles. The third kappa shape index (κ3) is 3.40. The largest absolute Gasteiger partial charge is 0.507 e. The highest BCUT2D eigenvalue weighted by molar-refractivity contribution is 5.93. The van der Waals surface area contributed by atoms with Gasteiger partial charge in [-0.2, -0.15) is 0 Å². The monoisotopic (exact) mass is 263 g/mol. The molecule has 1 saturated carbocycles. The second kappa shape index (κ2) is 5.11. The van der Waals surface area contributed by atoms with E-state index < -0.39 is 5.97 Å². The summed E-state index contributed by atoms with van der Waals surface area (Å²) in [7, 11) is 0. The smallest absolute Gasteiger partial charge is 0.342 e. The second-order valence-corrected chi connectivity index (χ2v) is 6.05. The number of rotatable bonds is 2. The number of carbonyl (C=O) groups is 1. The van der Waals surface area contributed by atoms with Crippen LogP contribution in [0.1, 0.15) is 49.9 Å². The molecule has 4 heteroatoms. The Morgan fingerprint density at radius 3 is 2.58 bits per heavy atom. The Kier molecular flexibility index (Phi) is 3.69. The molecule has 0 atom stereocenters. The molecule has 1 aliphatic carbocycles. The predicted octanol–water partition coefficient (Wildman–Crippen LogP) is 3.10. The van der Waals surface area contributed by atoms with Gasteiger partial charge in [0.25, 0.3) is 0 Å². The first-order valence-electron chi connectivity index (χ1n) is 6.67. The molecule has 0 radical (unpaired) electrons. The third-order valence-corrected chi connectivity index (χ3v) is 3.80. The van der Waals surface area contributed by atoms with Gasteiger partial charge in [-0.25, -0.2) is 4.79 Å². The van der Waals surface area contributed by atoms with E-state index >= 15 is 0 Å². The molecule has 19 heavy (non-hydrogen) atoms. The molecular formula is C15H21NO3. The number of nitrogen functional groups attached to an aromatic ring is 1. The van der Waals surface area contributed by atoms with Gasteiger partial charge in [-0.05, 0) is 43.2 Å². The lowest BCUT2D eigenvalue weighted by molar-refractivity contribution is 0.00926. The number of nitrogens with two attached hydrogens (primary N) is 1. The van der Waals surface area contributed by atoms with Crippen molar-refractivity contribution in [2.45, 2.75) is 45.6 Å². The topological polar surface area (TPSA) is 72.5 Å². The molecular weight excluding hydrogens is 242 g/mol. The third-order valence-electron chi connectivity index (χ3n) is 3.80. The van der Waals surface area contributed by atoms with Gasteiger partial charge in [-0.1, -0.05) is 13.8 Å². The van der Waals surface area contributed by atoms with Gasteiger partial charge in [0, 0.05) is 11.8 Å². The van der Waals surface area contributed by atoms with Gasteiger partial charge in [0.2, 0.25) is 0 Å². The summed E-state index contributed by atoms with van der Waals surface area (Å²) in [6.45, 7) is 4.47. The fourth-order valence-corrected chi connectivity index (χ4v) is 2.43. The van der Waals surface area contributed by atoms with Gasteiger partial charge < -0.3 is 15.6 Å². The van der Waals surface area contributed by atoms with Gasteiger partial charge in [0.15, 0.2) is 0 Å². The normalized spacial score (nSPS) is 19.1. The van der Waals surface area contributed by atoms with E-state index in [2.05, 4.69) is 13.8 Å². The van der Waals surface area contributed by atoms with E-state index in [9.17, 15) is 9.90 Å². The maximum Gasteiger partial charge on any atom is 0.342 e. The first-order chi connectivity index (χ1) is 8.87. The summed E-state index contributed by atoms with van der Waals surface area (Å²) >= 11 is 0. The average Bonchev–Trinajstić information content (AvgIpc) is 2.31. The van der Waals surface area contributed by atoms with Crippen molar-refractivity contribution >= 4 is 11.7 Å². The van der Waals surface area contributed by atoms with Crippen LogP contribution in [-0.2, 0) is 4.74 Å². The van der Waals surface area contributed by atoms with Gasteiger partial charge in [-0.15, -0.1) is 0 Å². The van der Waals surface area contributed by atoms with E-state index in [0.717, 1.165) is 25.7 Å². The summed E-state index contributed by atoms with van der Waals surface area (Å²) in [4.78, 5) is 12.0. The number of ether oxygens (including phenoxy) is 1. The van der Waals surface area contributed by atoms with Crippen LogP contribution < -0.4 is 5.73 Å². The fourth-order valence-electron chi connectivity index (χ4n) is 2.43. The second-order valence-electron chi connectivity index (χ2n) is 6.05. The molecule has 0 saturated heterocycles. The predicted molar refractivity (Wildman–Crippen MR) is 74.0 cm³/mol. The summed E-state index contributed by atoms with van der Waals surface area (Å²) in [6, 6.07) is 4.45. The number of hydrogen-bond acceptors (Lipinski definition) is 4. The number of hydrogen-bond donors (Lipinski definition) is 2. The van der Waals surface area contributed by atoms with Crippen molar-refractivity contribution in [2.75, 3.05) is 5.73 Å². The van der Waals surface area contributed by atoms with E-state index in [1.807, 2.05) is 0 Å². The number of esters is 1. The van der Waals surface area contributed by atoms with Gasteiger partial charge in [0.1, 0.15) is 17.4 Å². The molecule has 2 rings (SSSR count). The molecule has 3 N–H and O–H groups in total. The van der Waals surface area contributed by atoms with Crippen LogP contribution in [-0.4, -0.2) is 17.2 Å². The number of benzene rings is 1. The SMILES string of the molecule is CC1(C)CCC(OC(=O)c2ccc(N)cc2O)CC1. The molecule has 0 heterocycles. The van der Waals surface area contributed by atoms with E-state index in [0.29, 0.717) is 11.1 Å². The zero-order valence-corrected chi connectivity index (χ0v) is 11.5. The highest BCUT2D eigenvalue weighted by Crippen LogP contribution is 2.36. The molecule has 0 aromatic heterocycles. The number of anilines is 1. The molecule has 0 amide bonds. The quantitative estimate of drug-likeness (QED) is 0.635. The number of phenols is 1. The zero-order valence-electron chi connectivity index (χ0n) is 11.5. The molecule has 104 valence electrons. The first-order valence-corrected chi connectivity index (χ1v) is 6.67. The van der Waals surface area contributed by atoms with Gasteiger partial charge in [-0.3, -0.25) is 0 Å². The molecule has 0 spiro atoms. The molecule has 0 unspecified atom stereocenters. The lowest BCUT2D eigenvalue weighted by Crippen LogP contribution is -2.28. The van der Waals surface area contributed by atoms with Crippen LogP contribution in [0.5, 0.6) is 5.75 Å². The summed E-state index contributed by atoms with van der Waals surface area (Å²) in [6.07, 6.45) is 3.83. The van der Waals surface area contributed by atoms with Crippen LogP contribution in [0, 0.1) is 5.41 Å². The van der Waals surface area contributed by atoms with E-state index in [1.165, 1.54) is 12.1 Å². The lowest BCUT2D eigenvalue weighted by atomic mass is 9.76. The van der Waals surface area contributed by atoms with E-state index in [-0.39, 0.29) is 17.4 Å². The zero-order chi connectivity index (χ0) is 14.0. The fraction of sp³-hybridized carbons (Fsp3) is 0.533. The molecule has 1 aromatic rings. The van der Waals surface area contributed by atoms with Crippen LogP contribution >= 0.6 is 0 Å². The minimum absolute atomic E-state index is 0.0440. The van der Waals surface area contributed by atoms with E-state index in [4.69, 9.17) is 10.5 Å². The van der Waals surface area contributed by atoms with Crippen LogP contribution in [0.15, 0.2) is 18.2 Å². The first kappa shape index (κ1) is 13.7. The van der Waals surface area contributed by atoms with Crippen molar-refractivity contribution < 1.29 is 14.6 Å². The van der Waals surface area contributed by atoms with E-state index in [1.54, 1.807) is 6.07 Å². The Balaban J connectivity index is 1.98. The Labute approximate surface area is 113 Å². The van der Waals surface area contributed by atoms with Crippen molar-refractivity contribution in [3.63, 3.8) is 0 Å². The van der Waals surface area contributed by atoms with Crippen molar-refractivity contribution in [1.82, 2.24) is 0 Å².